The van der Waals surface area contributed by atoms with Crippen LogP contribution in [-0.4, -0.2) is 51.7 Å². The Balaban J connectivity index is 1.42. The molecule has 1 aromatic carbocycles. The molecular formula is C21H18FN7O2S. The molecule has 2 N–H and O–H groups in total. The second-order valence-corrected chi connectivity index (χ2v) is 8.15. The first-order valence-corrected chi connectivity index (χ1v) is 10.8. The summed E-state index contributed by atoms with van der Waals surface area (Å²) in [5.74, 6) is -0.401. The number of benzene rings is 1. The van der Waals surface area contributed by atoms with Gasteiger partial charge in [-0.05, 0) is 24.3 Å². The highest BCUT2D eigenvalue weighted by molar-refractivity contribution is 7.19. The first-order valence-electron chi connectivity index (χ1n) is 9.97. The highest BCUT2D eigenvalue weighted by Crippen LogP contribution is 2.27. The van der Waals surface area contributed by atoms with E-state index in [1.54, 1.807) is 18.2 Å². The number of anilines is 2. The minimum atomic E-state index is -0.650. The first-order chi connectivity index (χ1) is 15.6. The third kappa shape index (κ3) is 4.07. The number of carbonyl (C=O) groups is 1. The predicted octanol–water partition coefficient (Wildman–Crippen LogP) is 2.01. The van der Waals surface area contributed by atoms with Crippen molar-refractivity contribution in [3.63, 3.8) is 0 Å². The summed E-state index contributed by atoms with van der Waals surface area (Å²) in [6.45, 7) is 3.28. The molecule has 5 rings (SSSR count). The van der Waals surface area contributed by atoms with E-state index >= 15 is 0 Å². The van der Waals surface area contributed by atoms with Gasteiger partial charge in [0.15, 0.2) is 0 Å². The standard InChI is InChI=1S/C21H18FN7O2S/c22-16-5-4-14(12-24-16)19(31)25-15-3-1-2-13(10-15)20-27-29-18(30)11-17(26-21(29)32-20)28-8-6-23-7-9-28/h1-5,10-12,23H,6-9H2,(H,25,31). The van der Waals surface area contributed by atoms with Crippen molar-refractivity contribution in [2.24, 2.45) is 0 Å². The van der Waals surface area contributed by atoms with E-state index in [0.29, 0.717) is 21.5 Å². The summed E-state index contributed by atoms with van der Waals surface area (Å²) in [6, 6.07) is 11.1. The van der Waals surface area contributed by atoms with Crippen molar-refractivity contribution >= 4 is 33.7 Å². The van der Waals surface area contributed by atoms with Gasteiger partial charge < -0.3 is 15.5 Å². The van der Waals surface area contributed by atoms with Crippen LogP contribution in [0.4, 0.5) is 15.9 Å². The van der Waals surface area contributed by atoms with E-state index in [2.05, 4.69) is 30.6 Å². The second kappa shape index (κ2) is 8.44. The van der Waals surface area contributed by atoms with E-state index in [-0.39, 0.29) is 11.1 Å². The van der Waals surface area contributed by atoms with Crippen LogP contribution in [-0.2, 0) is 0 Å². The topological polar surface area (TPSA) is 105 Å². The molecule has 4 heterocycles. The number of nitrogens with zero attached hydrogens (tertiary/aromatic N) is 5. The van der Waals surface area contributed by atoms with Crippen molar-refractivity contribution in [1.29, 1.82) is 0 Å². The third-order valence-corrected chi connectivity index (χ3v) is 5.99. The van der Waals surface area contributed by atoms with Gasteiger partial charge in [0, 0.05) is 49.7 Å². The summed E-state index contributed by atoms with van der Waals surface area (Å²) in [6.07, 6.45) is 1.18. The molecule has 0 unspecified atom stereocenters. The lowest BCUT2D eigenvalue weighted by Crippen LogP contribution is -2.44. The van der Waals surface area contributed by atoms with Crippen molar-refractivity contribution in [3.8, 4) is 10.6 Å². The molecule has 0 atom stereocenters. The summed E-state index contributed by atoms with van der Waals surface area (Å²) in [4.78, 5) is 35.7. The Hall–Kier alpha value is -3.70. The summed E-state index contributed by atoms with van der Waals surface area (Å²) in [5.41, 5.74) is 1.28. The number of piperazine rings is 1. The Morgan fingerprint density at radius 2 is 2.00 bits per heavy atom. The van der Waals surface area contributed by atoms with Crippen LogP contribution < -0.4 is 21.1 Å². The molecule has 32 heavy (non-hydrogen) atoms. The van der Waals surface area contributed by atoms with Crippen LogP contribution in [0.2, 0.25) is 0 Å². The van der Waals surface area contributed by atoms with Gasteiger partial charge in [-0.3, -0.25) is 9.59 Å². The molecule has 3 aromatic heterocycles. The zero-order valence-corrected chi connectivity index (χ0v) is 17.6. The first kappa shape index (κ1) is 20.2. The SMILES string of the molecule is O=C(Nc1cccc(-c2nn3c(=O)cc(N4CCNCC4)nc3s2)c1)c1ccc(F)nc1. The van der Waals surface area contributed by atoms with Gasteiger partial charge in [0.05, 0.1) is 5.56 Å². The van der Waals surface area contributed by atoms with E-state index in [9.17, 15) is 14.0 Å². The van der Waals surface area contributed by atoms with E-state index in [4.69, 9.17) is 0 Å². The van der Waals surface area contributed by atoms with Gasteiger partial charge in [-0.2, -0.15) is 14.0 Å². The number of carbonyl (C=O) groups excluding carboxylic acids is 1. The van der Waals surface area contributed by atoms with Crippen molar-refractivity contribution < 1.29 is 9.18 Å². The molecule has 1 amide bonds. The molecule has 1 saturated heterocycles. The number of rotatable bonds is 4. The maximum atomic E-state index is 13.0. The lowest BCUT2D eigenvalue weighted by atomic mass is 10.2. The number of amides is 1. The molecular weight excluding hydrogens is 433 g/mol. The summed E-state index contributed by atoms with van der Waals surface area (Å²) >= 11 is 1.30. The Morgan fingerprint density at radius 3 is 2.78 bits per heavy atom. The van der Waals surface area contributed by atoms with Gasteiger partial charge in [-0.25, -0.2) is 9.97 Å². The molecule has 9 nitrogen and oxygen atoms in total. The molecule has 1 fully saturated rings. The van der Waals surface area contributed by atoms with E-state index < -0.39 is 11.9 Å². The largest absolute Gasteiger partial charge is 0.354 e. The number of hydrogen-bond donors (Lipinski definition) is 2. The quantitative estimate of drug-likeness (QED) is 0.458. The smallest absolute Gasteiger partial charge is 0.277 e. The highest BCUT2D eigenvalue weighted by Gasteiger charge is 2.16. The lowest BCUT2D eigenvalue weighted by Gasteiger charge is -2.27. The van der Waals surface area contributed by atoms with Crippen LogP contribution in [0.5, 0.6) is 0 Å². The normalized spacial score (nSPS) is 14.0. The number of nitrogens with one attached hydrogen (secondary N) is 2. The zero-order valence-electron chi connectivity index (χ0n) is 16.8. The number of aromatic nitrogens is 4. The van der Waals surface area contributed by atoms with Crippen LogP contribution in [0, 0.1) is 5.95 Å². The highest BCUT2D eigenvalue weighted by atomic mass is 32.1. The molecule has 0 spiro atoms. The molecule has 11 heteroatoms. The van der Waals surface area contributed by atoms with E-state index in [1.807, 2.05) is 6.07 Å². The van der Waals surface area contributed by atoms with Gasteiger partial charge >= 0.3 is 0 Å². The van der Waals surface area contributed by atoms with Gasteiger partial charge in [0.25, 0.3) is 11.5 Å². The van der Waals surface area contributed by atoms with Crippen LogP contribution >= 0.6 is 11.3 Å². The maximum Gasteiger partial charge on any atom is 0.277 e. The molecule has 162 valence electrons. The molecule has 0 bridgehead atoms. The average molecular weight is 451 g/mol. The fourth-order valence-corrected chi connectivity index (χ4v) is 4.31. The summed E-state index contributed by atoms with van der Waals surface area (Å²) < 4.78 is 14.3. The van der Waals surface area contributed by atoms with Crippen molar-refractivity contribution in [2.75, 3.05) is 36.4 Å². The Morgan fingerprint density at radius 1 is 1.16 bits per heavy atom. The van der Waals surface area contributed by atoms with Crippen molar-refractivity contribution in [1.82, 2.24) is 24.9 Å². The fraction of sp³-hybridized carbons (Fsp3) is 0.190. The van der Waals surface area contributed by atoms with Crippen LogP contribution in [0.25, 0.3) is 15.5 Å². The molecule has 4 aromatic rings. The second-order valence-electron chi connectivity index (χ2n) is 7.20. The van der Waals surface area contributed by atoms with Gasteiger partial charge in [0.2, 0.25) is 10.9 Å². The number of fused-ring (bicyclic) bond motifs is 1. The van der Waals surface area contributed by atoms with Gasteiger partial charge in [0.1, 0.15) is 10.8 Å². The number of pyridine rings is 1. The molecule has 1 aliphatic rings. The van der Waals surface area contributed by atoms with Crippen LogP contribution in [0.1, 0.15) is 10.4 Å². The number of halogens is 1. The Kier molecular flexibility index (Phi) is 5.33. The van der Waals surface area contributed by atoms with Crippen molar-refractivity contribution in [3.05, 3.63) is 70.5 Å². The Bertz CT molecular complexity index is 1350. The van der Waals surface area contributed by atoms with Crippen LogP contribution in [0.15, 0.2) is 53.5 Å². The Labute approximate surface area is 185 Å². The maximum absolute atomic E-state index is 13.0. The van der Waals surface area contributed by atoms with E-state index in [1.165, 1.54) is 34.2 Å². The molecule has 0 saturated carbocycles. The molecule has 0 aliphatic carbocycles. The monoisotopic (exact) mass is 451 g/mol. The lowest BCUT2D eigenvalue weighted by molar-refractivity contribution is 0.102. The average Bonchev–Trinajstić information content (AvgIpc) is 3.25. The summed E-state index contributed by atoms with van der Waals surface area (Å²) in [7, 11) is 0. The van der Waals surface area contributed by atoms with E-state index in [0.717, 1.165) is 37.8 Å². The molecule has 1 aliphatic heterocycles. The minimum Gasteiger partial charge on any atom is -0.354 e. The van der Waals surface area contributed by atoms with Gasteiger partial charge in [-0.15, -0.1) is 0 Å². The zero-order chi connectivity index (χ0) is 22.1. The minimum absolute atomic E-state index is 0.237. The predicted molar refractivity (Wildman–Crippen MR) is 120 cm³/mol. The molecule has 0 radical (unpaired) electrons. The van der Waals surface area contributed by atoms with Crippen LogP contribution in [0.3, 0.4) is 0 Å². The van der Waals surface area contributed by atoms with Gasteiger partial charge in [-0.1, -0.05) is 23.5 Å². The number of hydrogen-bond acceptors (Lipinski definition) is 8. The fourth-order valence-electron chi connectivity index (χ4n) is 3.42. The third-order valence-electron chi connectivity index (χ3n) is 5.03. The summed E-state index contributed by atoms with van der Waals surface area (Å²) in [5, 5.41) is 11.1. The van der Waals surface area contributed by atoms with Crippen molar-refractivity contribution in [2.45, 2.75) is 0 Å².